The van der Waals surface area contributed by atoms with E-state index in [9.17, 15) is 4.79 Å². The average Bonchev–Trinajstić information content (AvgIpc) is 2.42. The topological polar surface area (TPSA) is 42.0 Å². The second-order valence-corrected chi connectivity index (χ2v) is 4.64. The molecule has 3 nitrogen and oxygen atoms in total. The third kappa shape index (κ3) is 3.65. The van der Waals surface area contributed by atoms with Crippen LogP contribution in [0.4, 0.5) is 5.69 Å². The van der Waals surface area contributed by atoms with Crippen LogP contribution < -0.4 is 5.32 Å². The number of rotatable bonds is 4. The zero-order chi connectivity index (χ0) is 13.7. The summed E-state index contributed by atoms with van der Waals surface area (Å²) in [6.45, 7) is 4.00. The first-order valence-corrected chi connectivity index (χ1v) is 6.43. The number of anilines is 1. The van der Waals surface area contributed by atoms with E-state index in [1.54, 1.807) is 6.20 Å². The summed E-state index contributed by atoms with van der Waals surface area (Å²) >= 11 is 0. The Hall–Kier alpha value is -2.16. The molecule has 0 aliphatic rings. The molecule has 0 unspecified atom stereocenters. The number of aromatic nitrogens is 1. The quantitative estimate of drug-likeness (QED) is 0.909. The Morgan fingerprint density at radius 2 is 1.84 bits per heavy atom. The van der Waals surface area contributed by atoms with Gasteiger partial charge in [0.25, 0.3) is 0 Å². The maximum atomic E-state index is 12.0. The number of carbonyl (C=O) groups is 1. The minimum Gasteiger partial charge on any atom is -0.326 e. The predicted octanol–water partition coefficient (Wildman–Crippen LogP) is 3.27. The van der Waals surface area contributed by atoms with Gasteiger partial charge in [-0.3, -0.25) is 9.78 Å². The van der Waals surface area contributed by atoms with Crippen molar-refractivity contribution in [3.63, 3.8) is 0 Å². The number of pyridine rings is 1. The summed E-state index contributed by atoms with van der Waals surface area (Å²) in [7, 11) is 0. The molecule has 0 spiro atoms. The number of nitrogens with zero attached hydrogens (tertiary/aromatic N) is 1. The Labute approximate surface area is 113 Å². The number of benzene rings is 1. The Kier molecular flexibility index (Phi) is 4.29. The van der Waals surface area contributed by atoms with Crippen LogP contribution in [0.2, 0.25) is 0 Å². The van der Waals surface area contributed by atoms with Gasteiger partial charge in [-0.2, -0.15) is 0 Å². The molecule has 1 aromatic carbocycles. The second-order valence-electron chi connectivity index (χ2n) is 4.64. The average molecular weight is 254 g/mol. The van der Waals surface area contributed by atoms with Crippen LogP contribution in [-0.2, 0) is 11.2 Å². The zero-order valence-electron chi connectivity index (χ0n) is 11.3. The van der Waals surface area contributed by atoms with Gasteiger partial charge in [-0.25, -0.2) is 0 Å². The Morgan fingerprint density at radius 3 is 2.47 bits per heavy atom. The highest BCUT2D eigenvalue weighted by Gasteiger charge is 2.07. The molecule has 19 heavy (non-hydrogen) atoms. The lowest BCUT2D eigenvalue weighted by atomic mass is 10.1. The van der Waals surface area contributed by atoms with Crippen molar-refractivity contribution < 1.29 is 4.79 Å². The van der Waals surface area contributed by atoms with Gasteiger partial charge in [-0.15, -0.1) is 0 Å². The van der Waals surface area contributed by atoms with Crippen molar-refractivity contribution in [1.82, 2.24) is 4.98 Å². The third-order valence-corrected chi connectivity index (χ3v) is 3.08. The molecule has 0 saturated heterocycles. The highest BCUT2D eigenvalue weighted by atomic mass is 16.1. The molecule has 0 aliphatic carbocycles. The normalized spacial score (nSPS) is 10.2. The molecule has 0 radical (unpaired) electrons. The number of para-hydroxylation sites is 1. The molecule has 1 N–H and O–H groups in total. The number of amides is 1. The minimum absolute atomic E-state index is 0.0306. The smallest absolute Gasteiger partial charge is 0.224 e. The molecule has 3 heteroatoms. The van der Waals surface area contributed by atoms with E-state index in [1.807, 2.05) is 50.2 Å². The highest BCUT2D eigenvalue weighted by Crippen LogP contribution is 2.19. The lowest BCUT2D eigenvalue weighted by Gasteiger charge is -2.11. The maximum Gasteiger partial charge on any atom is 0.224 e. The number of carbonyl (C=O) groups excluding carboxylic acids is 1. The molecule has 1 amide bonds. The molecular weight excluding hydrogens is 236 g/mol. The van der Waals surface area contributed by atoms with Gasteiger partial charge in [0.2, 0.25) is 5.91 Å². The van der Waals surface area contributed by atoms with Crippen molar-refractivity contribution in [2.75, 3.05) is 5.32 Å². The SMILES string of the molecule is Cc1cccc(C)c1NC(=O)CCc1ccccn1. The van der Waals surface area contributed by atoms with Gasteiger partial charge in [0, 0.05) is 24.0 Å². The first kappa shape index (κ1) is 13.3. The molecule has 0 bridgehead atoms. The van der Waals surface area contributed by atoms with E-state index in [4.69, 9.17) is 0 Å². The van der Waals surface area contributed by atoms with Gasteiger partial charge in [-0.1, -0.05) is 24.3 Å². The van der Waals surface area contributed by atoms with Crippen molar-refractivity contribution in [1.29, 1.82) is 0 Å². The van der Waals surface area contributed by atoms with E-state index in [2.05, 4.69) is 10.3 Å². The van der Waals surface area contributed by atoms with Gasteiger partial charge < -0.3 is 5.32 Å². The van der Waals surface area contributed by atoms with Crippen molar-refractivity contribution in [3.05, 3.63) is 59.4 Å². The summed E-state index contributed by atoms with van der Waals surface area (Å²) in [6.07, 6.45) is 2.86. The second kappa shape index (κ2) is 6.14. The lowest BCUT2D eigenvalue weighted by Crippen LogP contribution is -2.14. The zero-order valence-corrected chi connectivity index (χ0v) is 11.3. The van der Waals surface area contributed by atoms with Crippen LogP contribution >= 0.6 is 0 Å². The number of hydrogen-bond acceptors (Lipinski definition) is 2. The fourth-order valence-corrected chi connectivity index (χ4v) is 2.00. The highest BCUT2D eigenvalue weighted by molar-refractivity contribution is 5.92. The van der Waals surface area contributed by atoms with Crippen LogP contribution in [-0.4, -0.2) is 10.9 Å². The molecule has 0 saturated carbocycles. The Morgan fingerprint density at radius 1 is 1.11 bits per heavy atom. The van der Waals surface area contributed by atoms with Crippen molar-refractivity contribution in [3.8, 4) is 0 Å². The Balaban J connectivity index is 1.95. The van der Waals surface area contributed by atoms with E-state index < -0.39 is 0 Å². The summed E-state index contributed by atoms with van der Waals surface area (Å²) in [5.74, 6) is 0.0306. The van der Waals surface area contributed by atoms with Crippen LogP contribution in [0.25, 0.3) is 0 Å². The van der Waals surface area contributed by atoms with Crippen molar-refractivity contribution in [2.24, 2.45) is 0 Å². The fraction of sp³-hybridized carbons (Fsp3) is 0.250. The molecule has 1 heterocycles. The third-order valence-electron chi connectivity index (χ3n) is 3.08. The summed E-state index contributed by atoms with van der Waals surface area (Å²) in [5.41, 5.74) is 4.05. The summed E-state index contributed by atoms with van der Waals surface area (Å²) in [5, 5.41) is 2.98. The number of hydrogen-bond donors (Lipinski definition) is 1. The van der Waals surface area contributed by atoms with Gasteiger partial charge in [0.05, 0.1) is 0 Å². The fourth-order valence-electron chi connectivity index (χ4n) is 2.00. The van der Waals surface area contributed by atoms with Crippen LogP contribution in [0.5, 0.6) is 0 Å². The van der Waals surface area contributed by atoms with Gasteiger partial charge in [0.1, 0.15) is 0 Å². The monoisotopic (exact) mass is 254 g/mol. The first-order valence-electron chi connectivity index (χ1n) is 6.43. The molecule has 1 aromatic heterocycles. The largest absolute Gasteiger partial charge is 0.326 e. The predicted molar refractivity (Wildman–Crippen MR) is 77.1 cm³/mol. The molecule has 98 valence electrons. The molecule has 0 fully saturated rings. The van der Waals surface area contributed by atoms with Crippen LogP contribution in [0.15, 0.2) is 42.6 Å². The van der Waals surface area contributed by atoms with Gasteiger partial charge >= 0.3 is 0 Å². The van der Waals surface area contributed by atoms with E-state index in [1.165, 1.54) is 0 Å². The van der Waals surface area contributed by atoms with Gasteiger partial charge in [-0.05, 0) is 43.5 Å². The minimum atomic E-state index is 0.0306. The summed E-state index contributed by atoms with van der Waals surface area (Å²) in [4.78, 5) is 16.2. The van der Waals surface area contributed by atoms with E-state index >= 15 is 0 Å². The van der Waals surface area contributed by atoms with Crippen LogP contribution in [0.1, 0.15) is 23.2 Å². The Bertz CT molecular complexity index is 544. The number of aryl methyl sites for hydroxylation is 3. The van der Waals surface area contributed by atoms with Crippen LogP contribution in [0, 0.1) is 13.8 Å². The summed E-state index contributed by atoms with van der Waals surface area (Å²) in [6, 6.07) is 11.7. The standard InChI is InChI=1S/C16H18N2O/c1-12-6-5-7-13(2)16(12)18-15(19)10-9-14-8-3-4-11-17-14/h3-8,11H,9-10H2,1-2H3,(H,18,19). The molecule has 2 aromatic rings. The first-order chi connectivity index (χ1) is 9.16. The summed E-state index contributed by atoms with van der Waals surface area (Å²) < 4.78 is 0. The van der Waals surface area contributed by atoms with E-state index in [0.717, 1.165) is 22.5 Å². The van der Waals surface area contributed by atoms with Gasteiger partial charge in [0.15, 0.2) is 0 Å². The molecule has 2 rings (SSSR count). The number of nitrogens with one attached hydrogen (secondary N) is 1. The maximum absolute atomic E-state index is 12.0. The molecular formula is C16H18N2O. The lowest BCUT2D eigenvalue weighted by molar-refractivity contribution is -0.116. The molecule has 0 atom stereocenters. The molecule has 0 aliphatic heterocycles. The van der Waals surface area contributed by atoms with Crippen LogP contribution in [0.3, 0.4) is 0 Å². The van der Waals surface area contributed by atoms with Crippen molar-refractivity contribution in [2.45, 2.75) is 26.7 Å². The van der Waals surface area contributed by atoms with E-state index in [0.29, 0.717) is 12.8 Å². The van der Waals surface area contributed by atoms with Crippen molar-refractivity contribution >= 4 is 11.6 Å². The van der Waals surface area contributed by atoms with E-state index in [-0.39, 0.29) is 5.91 Å².